The quantitative estimate of drug-likeness (QED) is 0.391. The third-order valence-electron chi connectivity index (χ3n) is 4.06. The van der Waals surface area contributed by atoms with Crippen molar-refractivity contribution in [2.45, 2.75) is 6.18 Å². The number of fused-ring (bicyclic) bond motifs is 1. The lowest BCUT2D eigenvalue weighted by Gasteiger charge is -2.07. The molecular formula is C20H12BrF3N4O2. The Bertz CT molecular complexity index is 1210. The second-order valence-corrected chi connectivity index (χ2v) is 7.06. The van der Waals surface area contributed by atoms with E-state index in [4.69, 9.17) is 4.74 Å². The monoisotopic (exact) mass is 476 g/mol. The van der Waals surface area contributed by atoms with Crippen LogP contribution in [0.2, 0.25) is 0 Å². The number of hydrogen-bond donors (Lipinski definition) is 2. The zero-order valence-electron chi connectivity index (χ0n) is 15.0. The SMILES string of the molecule is O=C(Nc1ccc(Oc2cccnc2)cc1)c1nc2c(Br)cc(C(F)(F)F)cc2[nH]1. The minimum absolute atomic E-state index is 0.0991. The van der Waals surface area contributed by atoms with Crippen LogP contribution in [0, 0.1) is 0 Å². The number of alkyl halides is 3. The smallest absolute Gasteiger partial charge is 0.416 e. The van der Waals surface area contributed by atoms with E-state index in [1.54, 1.807) is 48.8 Å². The number of hydrogen-bond acceptors (Lipinski definition) is 4. The van der Waals surface area contributed by atoms with Gasteiger partial charge in [-0.3, -0.25) is 9.78 Å². The number of ether oxygens (including phenoxy) is 1. The maximum Gasteiger partial charge on any atom is 0.416 e. The van der Waals surface area contributed by atoms with Crippen molar-refractivity contribution in [1.82, 2.24) is 15.0 Å². The molecule has 152 valence electrons. The van der Waals surface area contributed by atoms with E-state index < -0.39 is 17.6 Å². The van der Waals surface area contributed by atoms with Gasteiger partial charge in [0.05, 0.1) is 17.3 Å². The minimum Gasteiger partial charge on any atom is -0.456 e. The first-order valence-electron chi connectivity index (χ1n) is 8.55. The minimum atomic E-state index is -4.51. The Kier molecular flexibility index (Phi) is 5.17. The molecule has 0 bridgehead atoms. The van der Waals surface area contributed by atoms with Gasteiger partial charge in [0, 0.05) is 16.4 Å². The van der Waals surface area contributed by atoms with Crippen LogP contribution in [0.5, 0.6) is 11.5 Å². The number of carbonyl (C=O) groups excluding carboxylic acids is 1. The molecule has 0 radical (unpaired) electrons. The summed E-state index contributed by atoms with van der Waals surface area (Å²) in [5.74, 6) is 0.419. The second-order valence-electron chi connectivity index (χ2n) is 6.21. The molecule has 2 aromatic heterocycles. The van der Waals surface area contributed by atoms with E-state index in [-0.39, 0.29) is 21.3 Å². The molecule has 0 saturated heterocycles. The standard InChI is InChI=1S/C20H12BrF3N4O2/c21-15-8-11(20(22,23)24)9-16-17(15)28-18(27-16)19(29)26-12-3-5-13(6-4-12)30-14-2-1-7-25-10-14/h1-10H,(H,26,29)(H,27,28). The molecule has 0 aliphatic carbocycles. The second kappa shape index (κ2) is 7.79. The number of imidazole rings is 1. The number of aromatic nitrogens is 3. The highest BCUT2D eigenvalue weighted by molar-refractivity contribution is 9.10. The molecule has 0 saturated carbocycles. The summed E-state index contributed by atoms with van der Waals surface area (Å²) in [6.45, 7) is 0. The summed E-state index contributed by atoms with van der Waals surface area (Å²) in [6.07, 6.45) is -1.31. The molecule has 0 aliphatic rings. The van der Waals surface area contributed by atoms with E-state index in [1.165, 1.54) is 0 Å². The first-order chi connectivity index (χ1) is 14.3. The van der Waals surface area contributed by atoms with Crippen LogP contribution in [0.15, 0.2) is 65.4 Å². The molecule has 6 nitrogen and oxygen atoms in total. The summed E-state index contributed by atoms with van der Waals surface area (Å²) >= 11 is 3.07. The molecule has 0 aliphatic heterocycles. The average Bonchev–Trinajstić information content (AvgIpc) is 3.15. The van der Waals surface area contributed by atoms with Gasteiger partial charge in [0.25, 0.3) is 5.91 Å². The van der Waals surface area contributed by atoms with Crippen molar-refractivity contribution in [1.29, 1.82) is 0 Å². The maximum atomic E-state index is 13.0. The predicted molar refractivity (Wildman–Crippen MR) is 108 cm³/mol. The zero-order chi connectivity index (χ0) is 21.3. The molecule has 2 heterocycles. The number of aromatic amines is 1. The number of nitrogens with one attached hydrogen (secondary N) is 2. The van der Waals surface area contributed by atoms with Gasteiger partial charge < -0.3 is 15.0 Å². The fourth-order valence-corrected chi connectivity index (χ4v) is 3.24. The third-order valence-corrected chi connectivity index (χ3v) is 4.67. The van der Waals surface area contributed by atoms with Crippen LogP contribution in [-0.2, 0) is 6.18 Å². The van der Waals surface area contributed by atoms with Gasteiger partial charge in [-0.05, 0) is 64.5 Å². The van der Waals surface area contributed by atoms with Crippen LogP contribution < -0.4 is 10.1 Å². The molecule has 0 spiro atoms. The number of H-pyrrole nitrogens is 1. The molecule has 1 amide bonds. The van der Waals surface area contributed by atoms with Crippen molar-refractivity contribution in [3.8, 4) is 11.5 Å². The lowest BCUT2D eigenvalue weighted by molar-refractivity contribution is -0.137. The van der Waals surface area contributed by atoms with E-state index >= 15 is 0 Å². The molecule has 4 aromatic rings. The van der Waals surface area contributed by atoms with E-state index in [2.05, 4.69) is 36.2 Å². The number of halogens is 4. The van der Waals surface area contributed by atoms with E-state index in [9.17, 15) is 18.0 Å². The first-order valence-corrected chi connectivity index (χ1v) is 9.34. The summed E-state index contributed by atoms with van der Waals surface area (Å²) in [7, 11) is 0. The summed E-state index contributed by atoms with van der Waals surface area (Å²) in [5, 5.41) is 2.64. The molecular weight excluding hydrogens is 465 g/mol. The topological polar surface area (TPSA) is 79.9 Å². The number of benzene rings is 2. The molecule has 2 N–H and O–H groups in total. The molecule has 30 heavy (non-hydrogen) atoms. The van der Waals surface area contributed by atoms with Crippen molar-refractivity contribution in [3.05, 3.63) is 76.8 Å². The van der Waals surface area contributed by atoms with Gasteiger partial charge in [-0.2, -0.15) is 13.2 Å². The zero-order valence-corrected chi connectivity index (χ0v) is 16.6. The summed E-state index contributed by atoms with van der Waals surface area (Å²) in [4.78, 5) is 23.1. The van der Waals surface area contributed by atoms with E-state index in [0.29, 0.717) is 17.2 Å². The van der Waals surface area contributed by atoms with E-state index in [0.717, 1.165) is 12.1 Å². The number of nitrogens with zero attached hydrogens (tertiary/aromatic N) is 2. The molecule has 0 unspecified atom stereocenters. The van der Waals surface area contributed by atoms with Gasteiger partial charge in [-0.25, -0.2) is 4.98 Å². The van der Waals surface area contributed by atoms with Crippen molar-refractivity contribution in [3.63, 3.8) is 0 Å². The summed E-state index contributed by atoms with van der Waals surface area (Å²) in [6, 6.07) is 11.9. The molecule has 10 heteroatoms. The van der Waals surface area contributed by atoms with Gasteiger partial charge >= 0.3 is 6.18 Å². The van der Waals surface area contributed by atoms with Gasteiger partial charge in [-0.1, -0.05) is 0 Å². The molecule has 0 atom stereocenters. The first kappa shape index (κ1) is 19.9. The lowest BCUT2D eigenvalue weighted by Crippen LogP contribution is -2.13. The Hall–Kier alpha value is -3.40. The number of amides is 1. The van der Waals surface area contributed by atoms with Crippen molar-refractivity contribution >= 4 is 38.6 Å². The van der Waals surface area contributed by atoms with Gasteiger partial charge in [0.2, 0.25) is 0 Å². The van der Waals surface area contributed by atoms with Crippen LogP contribution in [0.1, 0.15) is 16.2 Å². The summed E-state index contributed by atoms with van der Waals surface area (Å²) in [5.41, 5.74) is -0.0498. The predicted octanol–water partition coefficient (Wildman–Crippen LogP) is 5.78. The Morgan fingerprint density at radius 3 is 2.53 bits per heavy atom. The van der Waals surface area contributed by atoms with Crippen LogP contribution in [0.4, 0.5) is 18.9 Å². The van der Waals surface area contributed by atoms with Crippen LogP contribution in [-0.4, -0.2) is 20.9 Å². The lowest BCUT2D eigenvalue weighted by atomic mass is 10.2. The highest BCUT2D eigenvalue weighted by atomic mass is 79.9. The molecule has 4 rings (SSSR count). The van der Waals surface area contributed by atoms with Gasteiger partial charge in [-0.15, -0.1) is 0 Å². The van der Waals surface area contributed by atoms with Crippen LogP contribution >= 0.6 is 15.9 Å². The number of anilines is 1. The van der Waals surface area contributed by atoms with Crippen LogP contribution in [0.3, 0.4) is 0 Å². The normalized spacial score (nSPS) is 11.5. The third kappa shape index (κ3) is 4.28. The number of pyridine rings is 1. The number of rotatable bonds is 4. The van der Waals surface area contributed by atoms with Gasteiger partial charge in [0.1, 0.15) is 17.0 Å². The Morgan fingerprint density at radius 2 is 1.87 bits per heavy atom. The largest absolute Gasteiger partial charge is 0.456 e. The van der Waals surface area contributed by atoms with Crippen molar-refractivity contribution < 1.29 is 22.7 Å². The Labute approximate surface area is 176 Å². The van der Waals surface area contributed by atoms with E-state index in [1.807, 2.05) is 0 Å². The number of carbonyl (C=O) groups is 1. The molecule has 0 fully saturated rings. The van der Waals surface area contributed by atoms with Gasteiger partial charge in [0.15, 0.2) is 5.82 Å². The van der Waals surface area contributed by atoms with Crippen molar-refractivity contribution in [2.24, 2.45) is 0 Å². The average molecular weight is 477 g/mol. The molecule has 2 aromatic carbocycles. The van der Waals surface area contributed by atoms with Crippen LogP contribution in [0.25, 0.3) is 11.0 Å². The van der Waals surface area contributed by atoms with Crippen molar-refractivity contribution in [2.75, 3.05) is 5.32 Å². The Balaban J connectivity index is 1.51. The summed E-state index contributed by atoms with van der Waals surface area (Å²) < 4.78 is 44.7. The highest BCUT2D eigenvalue weighted by Gasteiger charge is 2.32. The Morgan fingerprint density at radius 1 is 1.10 bits per heavy atom. The maximum absolute atomic E-state index is 13.0. The fraction of sp³-hybridized carbons (Fsp3) is 0.0500. The highest BCUT2D eigenvalue weighted by Crippen LogP contribution is 2.34. The fourth-order valence-electron chi connectivity index (χ4n) is 2.69.